The predicted octanol–water partition coefficient (Wildman–Crippen LogP) is 4.31. The van der Waals surface area contributed by atoms with Gasteiger partial charge in [0, 0.05) is 6.20 Å². The number of hydrogen-bond acceptors (Lipinski definition) is 7. The molecule has 0 aliphatic carbocycles. The van der Waals surface area contributed by atoms with Crippen LogP contribution in [-0.2, 0) is 0 Å². The number of nitrogens with zero attached hydrogens (tertiary/aromatic N) is 4. The average molecular weight is 439 g/mol. The highest BCUT2D eigenvalue weighted by molar-refractivity contribution is 7.98. The minimum absolute atomic E-state index is 0.168. The first-order valence-corrected chi connectivity index (χ1v) is 10.8. The Labute approximate surface area is 182 Å². The van der Waals surface area contributed by atoms with Crippen molar-refractivity contribution >= 4 is 46.0 Å². The van der Waals surface area contributed by atoms with Crippen molar-refractivity contribution in [2.75, 3.05) is 17.3 Å². The number of nitrogen functional groups attached to an aromatic ring is 1. The van der Waals surface area contributed by atoms with E-state index in [1.54, 1.807) is 29.0 Å². The van der Waals surface area contributed by atoms with Crippen LogP contribution in [0.4, 0.5) is 11.8 Å². The summed E-state index contributed by atoms with van der Waals surface area (Å²) < 4.78 is 1.58. The van der Waals surface area contributed by atoms with Gasteiger partial charge in [0.2, 0.25) is 5.95 Å². The molecule has 0 saturated heterocycles. The highest BCUT2D eigenvalue weighted by atomic mass is 35.5. The van der Waals surface area contributed by atoms with E-state index in [9.17, 15) is 4.79 Å². The summed E-state index contributed by atoms with van der Waals surface area (Å²) in [5, 5.41) is 4.08. The molecule has 0 spiro atoms. The Hall–Kier alpha value is -3.10. The molecule has 2 aromatic carbocycles. The van der Waals surface area contributed by atoms with Gasteiger partial charge in [0.25, 0.3) is 5.56 Å². The summed E-state index contributed by atoms with van der Waals surface area (Å²) in [6.07, 6.45) is 3.60. The molecule has 0 amide bonds. The molecule has 2 aromatic heterocycles. The molecule has 0 saturated carbocycles. The maximum Gasteiger partial charge on any atom is 0.267 e. The lowest BCUT2D eigenvalue weighted by atomic mass is 10.2. The first kappa shape index (κ1) is 20.2. The van der Waals surface area contributed by atoms with Crippen LogP contribution >= 0.6 is 23.4 Å². The van der Waals surface area contributed by atoms with Gasteiger partial charge in [-0.15, -0.1) is 11.8 Å². The number of halogens is 1. The molecule has 152 valence electrons. The summed E-state index contributed by atoms with van der Waals surface area (Å²) in [4.78, 5) is 27.4. The van der Waals surface area contributed by atoms with E-state index in [1.807, 2.05) is 43.5 Å². The molecule has 7 nitrogen and oxygen atoms in total. The number of benzene rings is 2. The van der Waals surface area contributed by atoms with Gasteiger partial charge in [-0.2, -0.15) is 4.98 Å². The second-order valence-corrected chi connectivity index (χ2v) is 7.85. The molecule has 4 aromatic rings. The number of anilines is 2. The average Bonchev–Trinajstić information content (AvgIpc) is 2.74. The summed E-state index contributed by atoms with van der Waals surface area (Å²) in [7, 11) is 0. The Morgan fingerprint density at radius 2 is 1.90 bits per heavy atom. The molecular weight excluding hydrogens is 420 g/mol. The zero-order valence-electron chi connectivity index (χ0n) is 16.3. The van der Waals surface area contributed by atoms with Crippen LogP contribution in [0.3, 0.4) is 0 Å². The molecule has 1 atom stereocenters. The van der Waals surface area contributed by atoms with Gasteiger partial charge in [-0.3, -0.25) is 9.36 Å². The highest BCUT2D eigenvalue weighted by Crippen LogP contribution is 2.28. The zero-order chi connectivity index (χ0) is 21.3. The van der Waals surface area contributed by atoms with Crippen LogP contribution in [0.5, 0.6) is 0 Å². The quantitative estimate of drug-likeness (QED) is 0.448. The number of nitrogens with one attached hydrogen (secondary N) is 1. The number of hydrogen-bond donors (Lipinski definition) is 2. The van der Waals surface area contributed by atoms with Crippen LogP contribution in [-0.4, -0.2) is 25.8 Å². The predicted molar refractivity (Wildman–Crippen MR) is 123 cm³/mol. The molecule has 1 unspecified atom stereocenters. The fraction of sp³-hybridized carbons (Fsp3) is 0.143. The van der Waals surface area contributed by atoms with Crippen molar-refractivity contribution in [1.29, 1.82) is 0 Å². The second-order valence-electron chi connectivity index (χ2n) is 6.59. The standard InChI is InChI=1S/C21H19ClN6OS/c1-12(25-18-16(30-2)11-24-21(23)27-18)19-26-15-10-6-9-14(22)17(15)20(29)28(19)13-7-4-3-5-8-13/h3-12H,1-2H3,(H3,23,24,25,27). The minimum atomic E-state index is -0.360. The highest BCUT2D eigenvalue weighted by Gasteiger charge is 2.20. The summed E-state index contributed by atoms with van der Waals surface area (Å²) in [5.41, 5.74) is 6.79. The van der Waals surface area contributed by atoms with Crippen molar-refractivity contribution < 1.29 is 0 Å². The molecule has 0 radical (unpaired) electrons. The van der Waals surface area contributed by atoms with E-state index >= 15 is 0 Å². The Balaban J connectivity index is 1.92. The van der Waals surface area contributed by atoms with Crippen LogP contribution in [0.15, 0.2) is 64.4 Å². The fourth-order valence-corrected chi connectivity index (χ4v) is 3.94. The molecule has 2 heterocycles. The Morgan fingerprint density at radius 1 is 1.13 bits per heavy atom. The lowest BCUT2D eigenvalue weighted by Gasteiger charge is -2.21. The molecule has 0 fully saturated rings. The fourth-order valence-electron chi connectivity index (χ4n) is 3.23. The molecule has 0 bridgehead atoms. The van der Waals surface area contributed by atoms with Crippen LogP contribution in [0, 0.1) is 0 Å². The van der Waals surface area contributed by atoms with Crippen molar-refractivity contribution in [3.63, 3.8) is 0 Å². The van der Waals surface area contributed by atoms with E-state index in [-0.39, 0.29) is 17.5 Å². The van der Waals surface area contributed by atoms with Gasteiger partial charge in [-0.25, -0.2) is 9.97 Å². The van der Waals surface area contributed by atoms with E-state index < -0.39 is 0 Å². The summed E-state index contributed by atoms with van der Waals surface area (Å²) in [6.45, 7) is 1.92. The van der Waals surface area contributed by atoms with Crippen LogP contribution in [0.2, 0.25) is 5.02 Å². The third kappa shape index (κ3) is 3.71. The van der Waals surface area contributed by atoms with Crippen LogP contribution in [0.25, 0.3) is 16.6 Å². The monoisotopic (exact) mass is 438 g/mol. The van der Waals surface area contributed by atoms with Crippen molar-refractivity contribution in [3.05, 3.63) is 75.9 Å². The Kier molecular flexibility index (Phi) is 5.61. The summed E-state index contributed by atoms with van der Waals surface area (Å²) >= 11 is 7.84. The van der Waals surface area contributed by atoms with Gasteiger partial charge in [-0.05, 0) is 37.4 Å². The van der Waals surface area contributed by atoms with Gasteiger partial charge in [-0.1, -0.05) is 35.9 Å². The van der Waals surface area contributed by atoms with Crippen molar-refractivity contribution in [2.45, 2.75) is 17.9 Å². The molecule has 0 aliphatic heterocycles. The first-order valence-electron chi connectivity index (χ1n) is 9.19. The van der Waals surface area contributed by atoms with Gasteiger partial charge in [0.05, 0.1) is 32.6 Å². The topological polar surface area (TPSA) is 98.7 Å². The van der Waals surface area contributed by atoms with E-state index in [1.165, 1.54) is 11.8 Å². The molecule has 30 heavy (non-hydrogen) atoms. The largest absolute Gasteiger partial charge is 0.368 e. The molecule has 4 rings (SSSR count). The van der Waals surface area contributed by atoms with E-state index in [4.69, 9.17) is 22.3 Å². The lowest BCUT2D eigenvalue weighted by Crippen LogP contribution is -2.27. The third-order valence-electron chi connectivity index (χ3n) is 4.62. The van der Waals surface area contributed by atoms with Gasteiger partial charge >= 0.3 is 0 Å². The molecular formula is C21H19ClN6OS. The number of thioether (sulfide) groups is 1. The number of aromatic nitrogens is 4. The van der Waals surface area contributed by atoms with E-state index in [0.29, 0.717) is 33.3 Å². The maximum absolute atomic E-state index is 13.5. The van der Waals surface area contributed by atoms with Crippen molar-refractivity contribution in [1.82, 2.24) is 19.5 Å². The summed E-state index contributed by atoms with van der Waals surface area (Å²) in [5.74, 6) is 1.29. The first-order chi connectivity index (χ1) is 14.5. The van der Waals surface area contributed by atoms with Crippen LogP contribution in [0.1, 0.15) is 18.8 Å². The number of fused-ring (bicyclic) bond motifs is 1. The van der Waals surface area contributed by atoms with Crippen molar-refractivity contribution in [2.24, 2.45) is 0 Å². The Bertz CT molecular complexity index is 1280. The van der Waals surface area contributed by atoms with E-state index in [2.05, 4.69) is 15.3 Å². The van der Waals surface area contributed by atoms with Crippen molar-refractivity contribution in [3.8, 4) is 5.69 Å². The van der Waals surface area contributed by atoms with Gasteiger partial charge in [0.1, 0.15) is 11.6 Å². The zero-order valence-corrected chi connectivity index (χ0v) is 17.9. The molecule has 3 N–H and O–H groups in total. The summed E-state index contributed by atoms with van der Waals surface area (Å²) in [6, 6.07) is 14.3. The normalized spacial score (nSPS) is 12.1. The maximum atomic E-state index is 13.5. The lowest BCUT2D eigenvalue weighted by molar-refractivity contribution is 0.728. The Morgan fingerprint density at radius 3 is 2.63 bits per heavy atom. The number of para-hydroxylation sites is 1. The molecule has 0 aliphatic rings. The van der Waals surface area contributed by atoms with Gasteiger partial charge in [0.15, 0.2) is 0 Å². The second kappa shape index (κ2) is 8.33. The number of rotatable bonds is 5. The van der Waals surface area contributed by atoms with Gasteiger partial charge < -0.3 is 11.1 Å². The SMILES string of the molecule is CSc1cnc(N)nc1NC(C)c1nc2cccc(Cl)c2c(=O)n1-c1ccccc1. The number of nitrogens with two attached hydrogens (primary N) is 1. The smallest absolute Gasteiger partial charge is 0.267 e. The molecule has 9 heteroatoms. The van der Waals surface area contributed by atoms with E-state index in [0.717, 1.165) is 4.90 Å². The third-order valence-corrected chi connectivity index (χ3v) is 5.67. The minimum Gasteiger partial charge on any atom is -0.368 e. The van der Waals surface area contributed by atoms with Crippen LogP contribution < -0.4 is 16.6 Å².